The van der Waals surface area contributed by atoms with Crippen molar-refractivity contribution in [2.75, 3.05) is 32.7 Å². The summed E-state index contributed by atoms with van der Waals surface area (Å²) in [4.78, 5) is 16.9. The van der Waals surface area contributed by atoms with Gasteiger partial charge in [0.2, 0.25) is 0 Å². The Morgan fingerprint density at radius 2 is 1.92 bits per heavy atom. The van der Waals surface area contributed by atoms with Gasteiger partial charge in [-0.1, -0.05) is 17.4 Å². The number of carbonyl (C=O) groups is 1. The second-order valence-corrected chi connectivity index (χ2v) is 7.51. The van der Waals surface area contributed by atoms with Gasteiger partial charge < -0.3 is 10.2 Å². The normalized spacial score (nSPS) is 20.6. The van der Waals surface area contributed by atoms with Crippen LogP contribution < -0.4 is 5.32 Å². The second-order valence-electron chi connectivity index (χ2n) is 7.51. The Morgan fingerprint density at radius 3 is 2.52 bits per heavy atom. The Morgan fingerprint density at radius 1 is 1.20 bits per heavy atom. The van der Waals surface area contributed by atoms with Gasteiger partial charge in [-0.3, -0.25) is 9.58 Å². The molecule has 2 amide bonds. The lowest BCUT2D eigenvalue weighted by Crippen LogP contribution is -2.51. The largest absolute Gasteiger partial charge is 0.335 e. The zero-order chi connectivity index (χ0) is 17.6. The summed E-state index contributed by atoms with van der Waals surface area (Å²) in [7, 11) is 0. The first-order valence-electron chi connectivity index (χ1n) is 9.36. The van der Waals surface area contributed by atoms with Crippen molar-refractivity contribution in [2.24, 2.45) is 5.92 Å². The van der Waals surface area contributed by atoms with Gasteiger partial charge in [0, 0.05) is 51.5 Å². The molecule has 0 bridgehead atoms. The van der Waals surface area contributed by atoms with E-state index in [0.29, 0.717) is 12.0 Å². The molecular formula is C18H30N6O. The summed E-state index contributed by atoms with van der Waals surface area (Å²) in [6.45, 7) is 11.7. The molecule has 0 aromatic carbocycles. The molecule has 1 aromatic rings. The summed E-state index contributed by atoms with van der Waals surface area (Å²) in [6, 6.07) is 0.416. The molecule has 3 rings (SSSR count). The maximum absolute atomic E-state index is 12.5. The molecule has 0 radical (unpaired) electrons. The average Bonchev–Trinajstić information content (AvgIpc) is 3.10. The van der Waals surface area contributed by atoms with Crippen LogP contribution in [0.15, 0.2) is 24.5 Å². The van der Waals surface area contributed by atoms with Crippen LogP contribution in [0, 0.1) is 5.92 Å². The standard InChI is InChI=1S/C18H30N6O/c1-15(2)13-22-8-5-17(6-9-22)20-18(25)23-10-3-16(4-11-23)14-24-12-7-19-21-24/h7,12,16-17H,1,3-6,8-11,13-14H2,2H3,(H,20,25). The minimum atomic E-state index is 0.109. The van der Waals surface area contributed by atoms with Crippen LogP contribution in [0.2, 0.25) is 0 Å². The average molecular weight is 346 g/mol. The van der Waals surface area contributed by atoms with Crippen molar-refractivity contribution < 1.29 is 4.79 Å². The Kier molecular flexibility index (Phi) is 6.07. The Balaban J connectivity index is 1.36. The van der Waals surface area contributed by atoms with Gasteiger partial charge in [-0.25, -0.2) is 4.79 Å². The van der Waals surface area contributed by atoms with E-state index >= 15 is 0 Å². The maximum atomic E-state index is 12.5. The van der Waals surface area contributed by atoms with Crippen molar-refractivity contribution in [1.29, 1.82) is 0 Å². The molecule has 2 aliphatic heterocycles. The lowest BCUT2D eigenvalue weighted by atomic mass is 9.97. The van der Waals surface area contributed by atoms with Crippen molar-refractivity contribution in [3.63, 3.8) is 0 Å². The molecule has 1 aromatic heterocycles. The number of urea groups is 1. The van der Waals surface area contributed by atoms with E-state index in [1.165, 1.54) is 5.57 Å². The second kappa shape index (κ2) is 8.47. The summed E-state index contributed by atoms with van der Waals surface area (Å²) < 4.78 is 1.89. The topological polar surface area (TPSA) is 66.3 Å². The van der Waals surface area contributed by atoms with Crippen LogP contribution in [0.5, 0.6) is 0 Å². The molecule has 0 saturated carbocycles. The molecule has 1 N–H and O–H groups in total. The minimum Gasteiger partial charge on any atom is -0.335 e. The number of aromatic nitrogens is 3. The molecule has 2 fully saturated rings. The molecular weight excluding hydrogens is 316 g/mol. The number of likely N-dealkylation sites (tertiary alicyclic amines) is 2. The molecule has 0 aliphatic carbocycles. The Labute approximate surface area is 150 Å². The molecule has 2 aliphatic rings. The van der Waals surface area contributed by atoms with Crippen molar-refractivity contribution in [2.45, 2.75) is 45.2 Å². The molecule has 3 heterocycles. The molecule has 0 unspecified atom stereocenters. The van der Waals surface area contributed by atoms with Crippen LogP contribution >= 0.6 is 0 Å². The van der Waals surface area contributed by atoms with E-state index in [1.54, 1.807) is 6.20 Å². The smallest absolute Gasteiger partial charge is 0.317 e. The maximum Gasteiger partial charge on any atom is 0.317 e. The minimum absolute atomic E-state index is 0.109. The van der Waals surface area contributed by atoms with Crippen molar-refractivity contribution in [1.82, 2.24) is 30.1 Å². The zero-order valence-corrected chi connectivity index (χ0v) is 15.2. The van der Waals surface area contributed by atoms with Crippen LogP contribution in [-0.4, -0.2) is 69.6 Å². The van der Waals surface area contributed by atoms with Crippen molar-refractivity contribution >= 4 is 6.03 Å². The van der Waals surface area contributed by atoms with E-state index in [4.69, 9.17) is 0 Å². The van der Waals surface area contributed by atoms with Gasteiger partial charge in [0.05, 0.1) is 6.20 Å². The van der Waals surface area contributed by atoms with Crippen LogP contribution in [-0.2, 0) is 6.54 Å². The third-order valence-corrected chi connectivity index (χ3v) is 5.23. The Bertz CT molecular complexity index is 556. The summed E-state index contributed by atoms with van der Waals surface area (Å²) in [5.41, 5.74) is 1.20. The summed E-state index contributed by atoms with van der Waals surface area (Å²) in [5.74, 6) is 0.580. The molecule has 0 spiro atoms. The first-order chi connectivity index (χ1) is 12.1. The fourth-order valence-corrected chi connectivity index (χ4v) is 3.80. The predicted molar refractivity (Wildman–Crippen MR) is 97.1 cm³/mol. The fourth-order valence-electron chi connectivity index (χ4n) is 3.80. The van der Waals surface area contributed by atoms with Crippen LogP contribution in [0.1, 0.15) is 32.6 Å². The highest BCUT2D eigenvalue weighted by molar-refractivity contribution is 5.74. The monoisotopic (exact) mass is 346 g/mol. The van der Waals surface area contributed by atoms with Gasteiger partial charge in [0.15, 0.2) is 0 Å². The van der Waals surface area contributed by atoms with E-state index in [-0.39, 0.29) is 6.03 Å². The first-order valence-corrected chi connectivity index (χ1v) is 9.36. The summed E-state index contributed by atoms with van der Waals surface area (Å²) in [6.07, 6.45) is 7.74. The zero-order valence-electron chi connectivity index (χ0n) is 15.2. The molecule has 25 heavy (non-hydrogen) atoms. The van der Waals surface area contributed by atoms with Gasteiger partial charge in [0.25, 0.3) is 0 Å². The van der Waals surface area contributed by atoms with E-state index in [9.17, 15) is 4.79 Å². The quantitative estimate of drug-likeness (QED) is 0.825. The van der Waals surface area contributed by atoms with Gasteiger partial charge in [-0.2, -0.15) is 0 Å². The van der Waals surface area contributed by atoms with Gasteiger partial charge in [-0.15, -0.1) is 5.10 Å². The van der Waals surface area contributed by atoms with Crippen LogP contribution in [0.25, 0.3) is 0 Å². The highest BCUT2D eigenvalue weighted by Crippen LogP contribution is 2.19. The third kappa shape index (κ3) is 5.29. The lowest BCUT2D eigenvalue weighted by Gasteiger charge is -2.36. The van der Waals surface area contributed by atoms with Crippen LogP contribution in [0.4, 0.5) is 4.79 Å². The highest BCUT2D eigenvalue weighted by atomic mass is 16.2. The van der Waals surface area contributed by atoms with E-state index in [1.807, 2.05) is 15.8 Å². The fraction of sp³-hybridized carbons (Fsp3) is 0.722. The van der Waals surface area contributed by atoms with Crippen LogP contribution in [0.3, 0.4) is 0 Å². The van der Waals surface area contributed by atoms with Crippen molar-refractivity contribution in [3.8, 4) is 0 Å². The molecule has 138 valence electrons. The number of piperidine rings is 2. The Hall–Kier alpha value is -1.89. The lowest BCUT2D eigenvalue weighted by molar-refractivity contribution is 0.152. The van der Waals surface area contributed by atoms with E-state index in [0.717, 1.165) is 65.0 Å². The van der Waals surface area contributed by atoms with Gasteiger partial charge in [-0.05, 0) is 38.5 Å². The molecule has 7 nitrogen and oxygen atoms in total. The number of rotatable bonds is 5. The van der Waals surface area contributed by atoms with E-state index in [2.05, 4.69) is 34.0 Å². The SMILES string of the molecule is C=C(C)CN1CCC(NC(=O)N2CCC(Cn3ccnn3)CC2)CC1. The number of nitrogens with one attached hydrogen (secondary N) is 1. The summed E-state index contributed by atoms with van der Waals surface area (Å²) >= 11 is 0. The van der Waals surface area contributed by atoms with E-state index < -0.39 is 0 Å². The highest BCUT2D eigenvalue weighted by Gasteiger charge is 2.26. The molecule has 0 atom stereocenters. The summed E-state index contributed by atoms with van der Waals surface area (Å²) in [5, 5.41) is 11.1. The number of amides is 2. The molecule has 2 saturated heterocycles. The number of hydrogen-bond donors (Lipinski definition) is 1. The number of nitrogens with zero attached hydrogens (tertiary/aromatic N) is 5. The van der Waals surface area contributed by atoms with Gasteiger partial charge >= 0.3 is 6.03 Å². The molecule has 7 heteroatoms. The third-order valence-electron chi connectivity index (χ3n) is 5.23. The number of carbonyl (C=O) groups excluding carboxylic acids is 1. The van der Waals surface area contributed by atoms with Gasteiger partial charge in [0.1, 0.15) is 0 Å². The first kappa shape index (κ1) is 17.9. The number of hydrogen-bond acceptors (Lipinski definition) is 4. The predicted octanol–water partition coefficient (Wildman–Crippen LogP) is 1.74. The van der Waals surface area contributed by atoms with Crippen molar-refractivity contribution in [3.05, 3.63) is 24.5 Å².